The van der Waals surface area contributed by atoms with Crippen LogP contribution in [0, 0.1) is 5.41 Å². The maximum absolute atomic E-state index is 12.5. The summed E-state index contributed by atoms with van der Waals surface area (Å²) in [5, 5.41) is 13.5. The molecule has 1 aliphatic carbocycles. The highest BCUT2D eigenvalue weighted by atomic mass is 16.3. The van der Waals surface area contributed by atoms with Gasteiger partial charge in [-0.3, -0.25) is 14.4 Å². The third-order valence-corrected chi connectivity index (χ3v) is 5.62. The zero-order valence-electron chi connectivity index (χ0n) is 18.6. The van der Waals surface area contributed by atoms with Crippen LogP contribution < -0.4 is 5.32 Å². The Bertz CT molecular complexity index is 807. The Labute approximate surface area is 179 Å². The van der Waals surface area contributed by atoms with Gasteiger partial charge < -0.3 is 10.4 Å². The number of rotatable bonds is 12. The monoisotopic (exact) mass is 413 g/mol. The number of unbranched alkanes of at least 4 members (excludes halogenated alkanes) is 6. The van der Waals surface area contributed by atoms with E-state index in [0.29, 0.717) is 18.5 Å². The Hall–Kier alpha value is -2.43. The highest BCUT2D eigenvalue weighted by Crippen LogP contribution is 2.34. The van der Waals surface area contributed by atoms with E-state index in [-0.39, 0.29) is 29.2 Å². The molecular weight excluding hydrogens is 378 g/mol. The summed E-state index contributed by atoms with van der Waals surface area (Å²) in [6, 6.07) is 6.60. The molecule has 0 heterocycles. The fourth-order valence-corrected chi connectivity index (χ4v) is 3.79. The molecule has 0 spiro atoms. The van der Waals surface area contributed by atoms with Crippen LogP contribution in [0.1, 0.15) is 94.5 Å². The average Bonchev–Trinajstić information content (AvgIpc) is 2.73. The molecule has 0 fully saturated rings. The minimum Gasteiger partial charge on any atom is -0.507 e. The lowest BCUT2D eigenvalue weighted by molar-refractivity contribution is -0.121. The number of Topliss-reactive ketones (excluding diaryl/α,β-unsaturated/α-hetero) is 2. The van der Waals surface area contributed by atoms with Gasteiger partial charge in [-0.05, 0) is 18.3 Å². The number of hydrogen-bond acceptors (Lipinski definition) is 4. The molecule has 0 saturated carbocycles. The van der Waals surface area contributed by atoms with E-state index in [1.54, 1.807) is 24.3 Å². The maximum Gasteiger partial charge on any atom is 0.234 e. The molecule has 1 aromatic carbocycles. The number of carbonyl (C=O) groups excluding carboxylic acids is 3. The van der Waals surface area contributed by atoms with Crippen LogP contribution >= 0.6 is 0 Å². The molecule has 1 aliphatic rings. The lowest BCUT2D eigenvalue weighted by Crippen LogP contribution is -2.36. The van der Waals surface area contributed by atoms with Gasteiger partial charge in [-0.2, -0.15) is 0 Å². The van der Waals surface area contributed by atoms with Crippen molar-refractivity contribution in [3.05, 3.63) is 41.0 Å². The van der Waals surface area contributed by atoms with E-state index in [4.69, 9.17) is 0 Å². The quantitative estimate of drug-likeness (QED) is 0.355. The van der Waals surface area contributed by atoms with Crippen molar-refractivity contribution in [2.45, 2.75) is 78.6 Å². The molecule has 5 heteroatoms. The highest BCUT2D eigenvalue weighted by Gasteiger charge is 2.35. The van der Waals surface area contributed by atoms with Crippen molar-refractivity contribution in [2.75, 3.05) is 6.54 Å². The first-order chi connectivity index (χ1) is 14.3. The third kappa shape index (κ3) is 6.54. The van der Waals surface area contributed by atoms with E-state index in [9.17, 15) is 19.5 Å². The lowest BCUT2D eigenvalue weighted by atomic mass is 9.79. The van der Waals surface area contributed by atoms with E-state index in [1.165, 1.54) is 32.1 Å². The molecule has 0 unspecified atom stereocenters. The van der Waals surface area contributed by atoms with Crippen molar-refractivity contribution in [1.82, 2.24) is 5.32 Å². The first-order valence-corrected chi connectivity index (χ1v) is 11.1. The highest BCUT2D eigenvalue weighted by molar-refractivity contribution is 6.52. The molecule has 0 radical (unpaired) electrons. The van der Waals surface area contributed by atoms with Gasteiger partial charge in [0.2, 0.25) is 17.5 Å². The molecule has 164 valence electrons. The summed E-state index contributed by atoms with van der Waals surface area (Å²) in [4.78, 5) is 37.1. The van der Waals surface area contributed by atoms with Crippen molar-refractivity contribution >= 4 is 23.2 Å². The first-order valence-electron chi connectivity index (χ1n) is 11.1. The predicted molar refractivity (Wildman–Crippen MR) is 119 cm³/mol. The van der Waals surface area contributed by atoms with Crippen molar-refractivity contribution < 1.29 is 19.5 Å². The summed E-state index contributed by atoms with van der Waals surface area (Å²) in [6.45, 7) is 6.41. The van der Waals surface area contributed by atoms with E-state index < -0.39 is 17.0 Å². The average molecular weight is 414 g/mol. The van der Waals surface area contributed by atoms with Crippen molar-refractivity contribution in [3.8, 4) is 0 Å². The van der Waals surface area contributed by atoms with Crippen molar-refractivity contribution in [1.29, 1.82) is 0 Å². The summed E-state index contributed by atoms with van der Waals surface area (Å²) in [5.74, 6) is -1.37. The van der Waals surface area contributed by atoms with E-state index in [0.717, 1.165) is 12.8 Å². The van der Waals surface area contributed by atoms with Crippen LogP contribution in [-0.4, -0.2) is 29.1 Å². The summed E-state index contributed by atoms with van der Waals surface area (Å²) < 4.78 is 0. The number of aliphatic hydroxyl groups is 1. The van der Waals surface area contributed by atoms with Gasteiger partial charge in [-0.1, -0.05) is 83.6 Å². The normalized spacial score (nSPS) is 14.1. The molecule has 2 rings (SSSR count). The van der Waals surface area contributed by atoms with E-state index in [1.807, 2.05) is 13.8 Å². The number of allylic oxidation sites excluding steroid dienone is 1. The number of carbonyl (C=O) groups is 3. The molecule has 2 N–H and O–H groups in total. The summed E-state index contributed by atoms with van der Waals surface area (Å²) in [7, 11) is 0. The third-order valence-electron chi connectivity index (χ3n) is 5.62. The Kier molecular flexibility index (Phi) is 8.82. The van der Waals surface area contributed by atoms with Crippen LogP contribution in [-0.2, 0) is 9.59 Å². The number of fused-ring (bicyclic) bond motifs is 1. The number of hydrogen-bond donors (Lipinski definition) is 2. The number of ketones is 2. The van der Waals surface area contributed by atoms with E-state index in [2.05, 4.69) is 12.2 Å². The number of aliphatic hydroxyl groups excluding tert-OH is 1. The van der Waals surface area contributed by atoms with Gasteiger partial charge >= 0.3 is 0 Å². The second kappa shape index (κ2) is 11.1. The van der Waals surface area contributed by atoms with Gasteiger partial charge in [0.1, 0.15) is 5.76 Å². The minimum atomic E-state index is -0.659. The van der Waals surface area contributed by atoms with Gasteiger partial charge in [-0.15, -0.1) is 0 Å². The summed E-state index contributed by atoms with van der Waals surface area (Å²) >= 11 is 0. The van der Waals surface area contributed by atoms with Gasteiger partial charge in [0.05, 0.1) is 0 Å². The molecule has 0 aliphatic heterocycles. The molecule has 1 amide bonds. The fraction of sp³-hybridized carbons (Fsp3) is 0.560. The van der Waals surface area contributed by atoms with Crippen molar-refractivity contribution in [3.63, 3.8) is 0 Å². The summed E-state index contributed by atoms with van der Waals surface area (Å²) in [5.41, 5.74) is 0.298. The Morgan fingerprint density at radius 2 is 1.53 bits per heavy atom. The number of amides is 1. The lowest BCUT2D eigenvalue weighted by Gasteiger charge is -2.28. The second-order valence-corrected chi connectivity index (χ2v) is 9.02. The van der Waals surface area contributed by atoms with Crippen LogP contribution in [0.5, 0.6) is 0 Å². The van der Waals surface area contributed by atoms with Crippen LogP contribution in [0.4, 0.5) is 0 Å². The molecule has 0 atom stereocenters. The molecule has 0 aromatic heterocycles. The number of nitrogens with one attached hydrogen (secondary N) is 1. The largest absolute Gasteiger partial charge is 0.507 e. The SMILES string of the molecule is CCCCCCCCCC(=O)NCC(C)(C)CC1=C(O)c2ccccc2C(=O)C1=O. The summed E-state index contributed by atoms with van der Waals surface area (Å²) in [6.07, 6.45) is 8.86. The molecule has 30 heavy (non-hydrogen) atoms. The molecule has 0 saturated heterocycles. The van der Waals surface area contributed by atoms with Crippen LogP contribution in [0.3, 0.4) is 0 Å². The topological polar surface area (TPSA) is 83.5 Å². The van der Waals surface area contributed by atoms with E-state index >= 15 is 0 Å². The maximum atomic E-state index is 12.5. The standard InChI is InChI=1S/C25H35NO4/c1-4-5-6-7-8-9-10-15-21(27)26-17-25(2,3)16-20-22(28)18-13-11-12-14-19(18)23(29)24(20)30/h11-14,28H,4-10,15-17H2,1-3H3,(H,26,27). The van der Waals surface area contributed by atoms with Crippen molar-refractivity contribution in [2.24, 2.45) is 5.41 Å². The van der Waals surface area contributed by atoms with Gasteiger partial charge in [0.15, 0.2) is 0 Å². The first kappa shape index (κ1) is 23.8. The van der Waals surface area contributed by atoms with Gasteiger partial charge in [0.25, 0.3) is 0 Å². The zero-order chi connectivity index (χ0) is 22.1. The van der Waals surface area contributed by atoms with Crippen LogP contribution in [0.2, 0.25) is 0 Å². The molecule has 0 bridgehead atoms. The molecular formula is C25H35NO4. The van der Waals surface area contributed by atoms with Gasteiger partial charge in [-0.25, -0.2) is 0 Å². The minimum absolute atomic E-state index is 0.00577. The molecule has 5 nitrogen and oxygen atoms in total. The number of benzene rings is 1. The van der Waals surface area contributed by atoms with Crippen LogP contribution in [0.15, 0.2) is 29.8 Å². The Morgan fingerprint density at radius 1 is 0.933 bits per heavy atom. The fourth-order valence-electron chi connectivity index (χ4n) is 3.79. The smallest absolute Gasteiger partial charge is 0.234 e. The zero-order valence-corrected chi connectivity index (χ0v) is 18.6. The predicted octanol–water partition coefficient (Wildman–Crippen LogP) is 5.39. The van der Waals surface area contributed by atoms with Gasteiger partial charge in [0, 0.05) is 29.7 Å². The Balaban J connectivity index is 1.85. The molecule has 1 aromatic rings. The van der Waals surface area contributed by atoms with Crippen LogP contribution in [0.25, 0.3) is 5.76 Å². The Morgan fingerprint density at radius 3 is 2.20 bits per heavy atom. The second-order valence-electron chi connectivity index (χ2n) is 9.02.